The smallest absolute Gasteiger partial charge is 0 e. The van der Waals surface area contributed by atoms with Crippen LogP contribution in [-0.4, -0.2) is 25.0 Å². The molecule has 0 spiro atoms. The van der Waals surface area contributed by atoms with Gasteiger partial charge in [-0.1, -0.05) is 0 Å². The topological polar surface area (TPSA) is 62.9 Å². The second-order valence-corrected chi connectivity index (χ2v) is 3.16. The number of hydrogen-bond acceptors (Lipinski definition) is 1. The third kappa shape index (κ3) is 12.4. The maximum Gasteiger partial charge on any atom is 0 e. The molecule has 0 bridgehead atoms. The maximum atomic E-state index is 13.2. The molecule has 0 unspecified atom stereocenters. The fourth-order valence-electron chi connectivity index (χ4n) is 1.09. The summed E-state index contributed by atoms with van der Waals surface area (Å²) in [7, 11) is 3.88. The molecule has 0 heterocycles. The number of hydrogen-bond donors (Lipinski definition) is 0. The molecule has 0 amide bonds. The molecule has 1 atom stereocenters. The van der Waals surface area contributed by atoms with Gasteiger partial charge in [-0.05, 0) is 40.3 Å². The summed E-state index contributed by atoms with van der Waals surface area (Å²) in [5, 5.41) is 0. The summed E-state index contributed by atoms with van der Waals surface area (Å²) in [6, 6.07) is 0.131. The fraction of sp³-hybridized carbons (Fsp3) is 0.308. The van der Waals surface area contributed by atoms with Gasteiger partial charge in [0, 0.05) is 35.7 Å². The molecule has 6 radical (unpaired) electrons. The van der Waals surface area contributed by atoms with Gasteiger partial charge in [0.15, 0.2) is 6.17 Å². The van der Waals surface area contributed by atoms with Gasteiger partial charge >= 0.3 is 33.9 Å². The van der Waals surface area contributed by atoms with Crippen molar-refractivity contribution in [2.45, 2.75) is 13.0 Å². The number of rotatable bonds is 2. The summed E-state index contributed by atoms with van der Waals surface area (Å²) >= 11 is 0. The number of halogens is 1. The van der Waals surface area contributed by atoms with Gasteiger partial charge in [0.05, 0.1) is 0 Å². The van der Waals surface area contributed by atoms with Crippen molar-refractivity contribution in [2.24, 2.45) is 0 Å². The van der Waals surface area contributed by atoms with Crippen LogP contribution in [0.3, 0.4) is 0 Å². The molecule has 0 aromatic heterocycles. The van der Waals surface area contributed by atoms with Gasteiger partial charge in [-0.2, -0.15) is 0 Å². The maximum absolute atomic E-state index is 13.2. The Balaban J connectivity index is -0.000000142. The zero-order valence-corrected chi connectivity index (χ0v) is 12.1. The van der Waals surface area contributed by atoms with E-state index in [9.17, 15) is 4.39 Å². The Labute approximate surface area is 126 Å². The zero-order valence-electron chi connectivity index (χ0n) is 10.8. The molecule has 4 nitrogen and oxygen atoms in total. The molecule has 1 fully saturated rings. The summed E-state index contributed by atoms with van der Waals surface area (Å²) < 4.78 is 35.7. The van der Waals surface area contributed by atoms with Crippen molar-refractivity contribution in [3.8, 4) is 0 Å². The first-order valence-electron chi connectivity index (χ1n) is 4.65. The normalized spacial score (nSPS) is 15.9. The van der Waals surface area contributed by atoms with Gasteiger partial charge in [-0.3, -0.25) is 0 Å². The van der Waals surface area contributed by atoms with Crippen molar-refractivity contribution >= 4 is 0 Å². The van der Waals surface area contributed by atoms with Crippen LogP contribution in [0.1, 0.15) is 6.92 Å². The van der Waals surface area contributed by atoms with Crippen molar-refractivity contribution in [3.05, 3.63) is 57.7 Å². The molecule has 6 heteroatoms. The van der Waals surface area contributed by atoms with E-state index in [0.717, 1.165) is 5.92 Å². The van der Waals surface area contributed by atoms with Crippen LogP contribution in [0.25, 0.3) is 0 Å². The molecule has 1 saturated carbocycles. The Kier molecular flexibility index (Phi) is 28.4. The van der Waals surface area contributed by atoms with Crippen LogP contribution in [0.4, 0.5) is 4.39 Å². The second kappa shape index (κ2) is 20.0. The Morgan fingerprint density at radius 1 is 1.00 bits per heavy atom. The predicted molar refractivity (Wildman–Crippen MR) is 59.7 cm³/mol. The molecule has 0 aromatic carbocycles. The van der Waals surface area contributed by atoms with Gasteiger partial charge in [0.25, 0.3) is 0 Å². The average Bonchev–Trinajstić information content (AvgIpc) is 2.45. The van der Waals surface area contributed by atoms with Gasteiger partial charge < -0.3 is 4.90 Å². The van der Waals surface area contributed by atoms with E-state index in [2.05, 4.69) is 20.0 Å². The van der Waals surface area contributed by atoms with Crippen LogP contribution in [0.5, 0.6) is 0 Å². The van der Waals surface area contributed by atoms with Crippen LogP contribution >= 0.6 is 0 Å². The third-order valence-corrected chi connectivity index (χ3v) is 2.13. The molecular weight excluding hydrogens is 289 g/mol. The Bertz CT molecular complexity index is 230. The summed E-state index contributed by atoms with van der Waals surface area (Å²) in [6.45, 7) is 15.5. The third-order valence-electron chi connectivity index (χ3n) is 2.13. The molecule has 1 aliphatic carbocycles. The minimum Gasteiger partial charge on any atom is 0 e. The van der Waals surface area contributed by atoms with Gasteiger partial charge in [0.1, 0.15) is 0 Å². The van der Waals surface area contributed by atoms with Crippen molar-refractivity contribution in [1.29, 1.82) is 0 Å². The van der Waals surface area contributed by atoms with Crippen molar-refractivity contribution in [3.63, 3.8) is 0 Å². The van der Waals surface area contributed by atoms with E-state index < -0.39 is 0 Å². The first-order chi connectivity index (χ1) is 8.63. The summed E-state index contributed by atoms with van der Waals surface area (Å²) in [4.78, 5) is 1.98. The summed E-state index contributed by atoms with van der Waals surface area (Å²) in [6.07, 6.45) is 6.76. The molecule has 0 aromatic rings. The van der Waals surface area contributed by atoms with Crippen LogP contribution < -0.4 is 0 Å². The molecule has 102 valence electrons. The SMILES string of the molecule is C[C@H]([C]1[CH][CH][CH][CH][C]1F)N(C)C.[C-]#[O+].[C-]#[O+].[C-]#[O+].[Cr]. The van der Waals surface area contributed by atoms with Crippen LogP contribution in [0, 0.1) is 57.7 Å². The minimum absolute atomic E-state index is 0. The zero-order chi connectivity index (χ0) is 15.1. The Hall–Kier alpha value is -0.358. The molecule has 19 heavy (non-hydrogen) atoms. The van der Waals surface area contributed by atoms with Crippen LogP contribution in [-0.2, 0) is 31.3 Å². The molecular formula is C13H14CrFNO3. The van der Waals surface area contributed by atoms with Crippen LogP contribution in [0.15, 0.2) is 0 Å². The Morgan fingerprint density at radius 3 is 1.68 bits per heavy atom. The number of nitrogens with zero attached hydrogens (tertiary/aromatic N) is 1. The van der Waals surface area contributed by atoms with Crippen LogP contribution in [0.2, 0.25) is 0 Å². The van der Waals surface area contributed by atoms with Gasteiger partial charge in [-0.15, -0.1) is 0 Å². The van der Waals surface area contributed by atoms with Crippen molar-refractivity contribution in [1.82, 2.24) is 4.90 Å². The summed E-state index contributed by atoms with van der Waals surface area (Å²) in [5.41, 5.74) is 0. The summed E-state index contributed by atoms with van der Waals surface area (Å²) in [5.74, 6) is 0.752. The van der Waals surface area contributed by atoms with E-state index in [1.165, 1.54) is 6.42 Å². The van der Waals surface area contributed by atoms with Crippen molar-refractivity contribution < 1.29 is 35.7 Å². The first kappa shape index (κ1) is 27.1. The molecule has 1 aliphatic rings. The molecule has 1 rings (SSSR count). The fourth-order valence-corrected chi connectivity index (χ4v) is 1.09. The second-order valence-electron chi connectivity index (χ2n) is 3.16. The average molecular weight is 303 g/mol. The van der Waals surface area contributed by atoms with E-state index >= 15 is 0 Å². The van der Waals surface area contributed by atoms with Gasteiger partial charge in [0.2, 0.25) is 0 Å². The largest absolute Gasteiger partial charge is 0 e. The van der Waals surface area contributed by atoms with E-state index in [1.54, 1.807) is 6.42 Å². The minimum atomic E-state index is -0.126. The standard InChI is InChI=1S/C10H14FN.3CO.Cr/c1-8(12(2)3)9-6-4-5-7-10(9)11;3*1-2;/h4-8H,1-3H3;;;;/t8-;;;;/m1..../s1. The van der Waals surface area contributed by atoms with E-state index in [-0.39, 0.29) is 29.6 Å². The Morgan fingerprint density at radius 2 is 1.37 bits per heavy atom. The monoisotopic (exact) mass is 303 g/mol. The van der Waals surface area contributed by atoms with Gasteiger partial charge in [-0.25, -0.2) is 4.39 Å². The van der Waals surface area contributed by atoms with E-state index in [1.807, 2.05) is 38.8 Å². The molecule has 0 aliphatic heterocycles. The quantitative estimate of drug-likeness (QED) is 0.566. The molecule has 0 saturated heterocycles. The van der Waals surface area contributed by atoms with E-state index in [4.69, 9.17) is 14.0 Å². The predicted octanol–water partition coefficient (Wildman–Crippen LogP) is 1.73. The van der Waals surface area contributed by atoms with Crippen molar-refractivity contribution in [2.75, 3.05) is 14.1 Å². The van der Waals surface area contributed by atoms with E-state index in [0.29, 0.717) is 0 Å². The first-order valence-corrected chi connectivity index (χ1v) is 4.65. The molecule has 0 N–H and O–H groups in total.